The van der Waals surface area contributed by atoms with Crippen LogP contribution in [0.15, 0.2) is 24.4 Å². The number of ether oxygens (including phenoxy) is 2. The number of unbranched alkanes of at least 4 members (excludes halogenated alkanes) is 1. The van der Waals surface area contributed by atoms with Crippen molar-refractivity contribution < 1.29 is 14.3 Å². The molecule has 1 aromatic heterocycles. The van der Waals surface area contributed by atoms with E-state index in [1.54, 1.807) is 10.9 Å². The molecule has 24 heavy (non-hydrogen) atoms. The third-order valence-corrected chi connectivity index (χ3v) is 3.91. The number of hydrogen-bond donors (Lipinski definition) is 1. The fraction of sp³-hybridized carbons (Fsp3) is 0.444. The zero-order valence-electron chi connectivity index (χ0n) is 14.2. The van der Waals surface area contributed by atoms with Crippen LogP contribution < -0.4 is 14.8 Å². The van der Waals surface area contributed by atoms with Crippen LogP contribution >= 0.6 is 0 Å². The Morgan fingerprint density at radius 1 is 1.29 bits per heavy atom. The molecule has 1 aliphatic heterocycles. The molecule has 0 spiro atoms. The molecule has 2 heterocycles. The second-order valence-electron chi connectivity index (χ2n) is 5.89. The van der Waals surface area contributed by atoms with E-state index < -0.39 is 0 Å². The van der Waals surface area contributed by atoms with Crippen molar-refractivity contribution in [2.45, 2.75) is 26.2 Å². The number of aryl methyl sites for hydroxylation is 1. The monoisotopic (exact) mass is 329 g/mol. The van der Waals surface area contributed by atoms with Gasteiger partial charge >= 0.3 is 0 Å². The number of rotatable bonds is 5. The molecule has 1 N–H and O–H groups in total. The summed E-state index contributed by atoms with van der Waals surface area (Å²) in [6.07, 6.45) is 4.62. The van der Waals surface area contributed by atoms with Crippen LogP contribution in [0.2, 0.25) is 0 Å². The molecule has 0 unspecified atom stereocenters. The molecule has 0 radical (unpaired) electrons. The van der Waals surface area contributed by atoms with Gasteiger partial charge in [-0.05, 0) is 24.6 Å². The first-order valence-electron chi connectivity index (χ1n) is 8.41. The van der Waals surface area contributed by atoms with Gasteiger partial charge in [0.2, 0.25) is 0 Å². The number of fused-ring (bicyclic) bond motifs is 1. The maximum absolute atomic E-state index is 12.5. The van der Waals surface area contributed by atoms with Crippen LogP contribution in [0.1, 0.15) is 36.5 Å². The topological polar surface area (TPSA) is 65.4 Å². The number of hydrogen-bond acceptors (Lipinski definition) is 4. The normalized spacial score (nSPS) is 13.4. The molecule has 0 saturated carbocycles. The zero-order valence-corrected chi connectivity index (χ0v) is 14.2. The highest BCUT2D eigenvalue weighted by Crippen LogP contribution is 2.34. The number of nitrogens with one attached hydrogen (secondary N) is 1. The van der Waals surface area contributed by atoms with E-state index in [9.17, 15) is 4.79 Å². The van der Waals surface area contributed by atoms with Crippen LogP contribution in [-0.2, 0) is 7.05 Å². The van der Waals surface area contributed by atoms with Crippen LogP contribution in [0.5, 0.6) is 11.5 Å². The first-order valence-corrected chi connectivity index (χ1v) is 8.41. The number of nitrogens with zero attached hydrogens (tertiary/aromatic N) is 2. The minimum atomic E-state index is -0.0985. The number of amides is 1. The van der Waals surface area contributed by atoms with Gasteiger partial charge in [-0.2, -0.15) is 5.10 Å². The Balaban J connectivity index is 1.89. The molecule has 0 bridgehead atoms. The third kappa shape index (κ3) is 3.53. The van der Waals surface area contributed by atoms with Crippen molar-refractivity contribution in [3.63, 3.8) is 0 Å². The van der Waals surface area contributed by atoms with E-state index in [0.717, 1.165) is 30.6 Å². The Morgan fingerprint density at radius 3 is 2.88 bits per heavy atom. The maximum Gasteiger partial charge on any atom is 0.255 e. The largest absolute Gasteiger partial charge is 0.490 e. The SMILES string of the molecule is CCCCNC(=O)c1cn(C)nc1-c1ccc2c(c1)OCCCO2. The average molecular weight is 329 g/mol. The lowest BCUT2D eigenvalue weighted by Crippen LogP contribution is -2.24. The standard InChI is InChI=1S/C18H23N3O3/c1-3-4-8-19-18(22)14-12-21(2)20-17(14)13-6-7-15-16(11-13)24-10-5-9-23-15/h6-7,11-12H,3-5,8-10H2,1-2H3,(H,19,22). The fourth-order valence-electron chi connectivity index (χ4n) is 2.65. The Morgan fingerprint density at radius 2 is 2.08 bits per heavy atom. The second-order valence-corrected chi connectivity index (χ2v) is 5.89. The summed E-state index contributed by atoms with van der Waals surface area (Å²) >= 11 is 0. The quantitative estimate of drug-likeness (QED) is 0.857. The van der Waals surface area contributed by atoms with E-state index in [2.05, 4.69) is 17.3 Å². The maximum atomic E-state index is 12.5. The summed E-state index contributed by atoms with van der Waals surface area (Å²) in [6, 6.07) is 5.69. The van der Waals surface area contributed by atoms with E-state index in [1.807, 2.05) is 25.2 Å². The van der Waals surface area contributed by atoms with Crippen LogP contribution in [0, 0.1) is 0 Å². The Kier molecular flexibility index (Phi) is 5.03. The smallest absolute Gasteiger partial charge is 0.255 e. The van der Waals surface area contributed by atoms with Gasteiger partial charge in [-0.3, -0.25) is 9.48 Å². The van der Waals surface area contributed by atoms with Gasteiger partial charge in [0, 0.05) is 31.8 Å². The summed E-state index contributed by atoms with van der Waals surface area (Å²) in [5.74, 6) is 1.34. The van der Waals surface area contributed by atoms with E-state index in [-0.39, 0.29) is 5.91 Å². The first kappa shape index (κ1) is 16.4. The Hall–Kier alpha value is -2.50. The van der Waals surface area contributed by atoms with Crippen LogP contribution in [0.3, 0.4) is 0 Å². The molecule has 6 nitrogen and oxygen atoms in total. The number of aromatic nitrogens is 2. The Labute approximate surface area is 141 Å². The zero-order chi connectivity index (χ0) is 16.9. The van der Waals surface area contributed by atoms with E-state index >= 15 is 0 Å². The molecule has 1 amide bonds. The summed E-state index contributed by atoms with van der Waals surface area (Å²) < 4.78 is 13.1. The molecule has 2 aromatic rings. The van der Waals surface area contributed by atoms with Crippen molar-refractivity contribution >= 4 is 5.91 Å². The summed E-state index contributed by atoms with van der Waals surface area (Å²) in [4.78, 5) is 12.5. The highest BCUT2D eigenvalue weighted by atomic mass is 16.5. The first-order chi connectivity index (χ1) is 11.7. The van der Waals surface area contributed by atoms with E-state index in [1.165, 1.54) is 0 Å². The highest BCUT2D eigenvalue weighted by molar-refractivity contribution is 5.99. The molecule has 3 rings (SSSR count). The molecule has 0 aliphatic carbocycles. The molecule has 1 aliphatic rings. The van der Waals surface area contributed by atoms with Gasteiger partial charge < -0.3 is 14.8 Å². The van der Waals surface area contributed by atoms with Crippen molar-refractivity contribution in [2.75, 3.05) is 19.8 Å². The van der Waals surface area contributed by atoms with Gasteiger partial charge in [0.05, 0.1) is 18.8 Å². The lowest BCUT2D eigenvalue weighted by molar-refractivity contribution is 0.0953. The third-order valence-electron chi connectivity index (χ3n) is 3.91. The number of carbonyl (C=O) groups is 1. The number of carbonyl (C=O) groups excluding carboxylic acids is 1. The van der Waals surface area contributed by atoms with Crippen molar-refractivity contribution in [3.05, 3.63) is 30.0 Å². The minimum absolute atomic E-state index is 0.0985. The molecule has 0 fully saturated rings. The molecule has 128 valence electrons. The minimum Gasteiger partial charge on any atom is -0.490 e. The summed E-state index contributed by atoms with van der Waals surface area (Å²) in [7, 11) is 1.81. The van der Waals surface area contributed by atoms with Crippen molar-refractivity contribution in [3.8, 4) is 22.8 Å². The van der Waals surface area contributed by atoms with Gasteiger partial charge in [-0.25, -0.2) is 0 Å². The van der Waals surface area contributed by atoms with Crippen molar-refractivity contribution in [2.24, 2.45) is 7.05 Å². The molecule has 6 heteroatoms. The predicted molar refractivity (Wildman–Crippen MR) is 91.5 cm³/mol. The van der Waals surface area contributed by atoms with Gasteiger partial charge in [0.15, 0.2) is 11.5 Å². The van der Waals surface area contributed by atoms with Crippen molar-refractivity contribution in [1.29, 1.82) is 0 Å². The molecule has 1 aromatic carbocycles. The van der Waals surface area contributed by atoms with Gasteiger partial charge in [-0.15, -0.1) is 0 Å². The summed E-state index contributed by atoms with van der Waals surface area (Å²) in [5.41, 5.74) is 2.07. The van der Waals surface area contributed by atoms with E-state index in [4.69, 9.17) is 9.47 Å². The van der Waals surface area contributed by atoms with Crippen LogP contribution in [0.4, 0.5) is 0 Å². The molecular weight excluding hydrogens is 306 g/mol. The molecular formula is C18H23N3O3. The van der Waals surface area contributed by atoms with Gasteiger partial charge in [0.25, 0.3) is 5.91 Å². The summed E-state index contributed by atoms with van der Waals surface area (Å²) in [5, 5.41) is 7.41. The van der Waals surface area contributed by atoms with Gasteiger partial charge in [-0.1, -0.05) is 13.3 Å². The molecule has 0 saturated heterocycles. The lowest BCUT2D eigenvalue weighted by Gasteiger charge is -2.09. The second kappa shape index (κ2) is 7.38. The Bertz CT molecular complexity index is 724. The summed E-state index contributed by atoms with van der Waals surface area (Å²) in [6.45, 7) is 4.05. The lowest BCUT2D eigenvalue weighted by atomic mass is 10.1. The van der Waals surface area contributed by atoms with Crippen molar-refractivity contribution in [1.82, 2.24) is 15.1 Å². The predicted octanol–water partition coefficient (Wildman–Crippen LogP) is 2.78. The van der Waals surface area contributed by atoms with Crippen LogP contribution in [-0.4, -0.2) is 35.4 Å². The van der Waals surface area contributed by atoms with Crippen LogP contribution in [0.25, 0.3) is 11.3 Å². The fourth-order valence-corrected chi connectivity index (χ4v) is 2.65. The van der Waals surface area contributed by atoms with E-state index in [0.29, 0.717) is 36.8 Å². The number of benzene rings is 1. The molecule has 0 atom stereocenters. The average Bonchev–Trinajstić information content (AvgIpc) is 2.82. The van der Waals surface area contributed by atoms with Gasteiger partial charge in [0.1, 0.15) is 5.69 Å². The highest BCUT2D eigenvalue weighted by Gasteiger charge is 2.19.